The van der Waals surface area contributed by atoms with Crippen molar-refractivity contribution < 1.29 is 13.9 Å². The molecular weight excluding hydrogens is 312 g/mol. The molecule has 19 heavy (non-hydrogen) atoms. The summed E-state index contributed by atoms with van der Waals surface area (Å²) < 4.78 is 11.0. The van der Waals surface area contributed by atoms with Crippen LogP contribution >= 0.6 is 15.9 Å². The minimum Gasteiger partial charge on any atom is -0.496 e. The number of carbonyl (C=O) groups is 1. The molecule has 1 N–H and O–H groups in total. The molecule has 0 atom stereocenters. The van der Waals surface area contributed by atoms with Crippen molar-refractivity contribution in [2.24, 2.45) is 5.10 Å². The maximum absolute atomic E-state index is 11.6. The molecule has 2 aromatic rings. The molecule has 0 aliphatic rings. The van der Waals surface area contributed by atoms with Gasteiger partial charge in [-0.15, -0.1) is 0 Å². The number of hydrogen-bond donors (Lipinski definition) is 1. The Morgan fingerprint density at radius 3 is 3.00 bits per heavy atom. The Bertz CT molecular complexity index is 594. The molecule has 0 spiro atoms. The fourth-order valence-corrected chi connectivity index (χ4v) is 1.81. The van der Waals surface area contributed by atoms with Crippen LogP contribution in [0.3, 0.4) is 0 Å². The van der Waals surface area contributed by atoms with Gasteiger partial charge in [0.2, 0.25) is 0 Å². The van der Waals surface area contributed by atoms with Crippen LogP contribution in [0.15, 0.2) is 50.6 Å². The average Bonchev–Trinajstić information content (AvgIpc) is 2.93. The lowest BCUT2D eigenvalue weighted by molar-refractivity contribution is 0.0927. The van der Waals surface area contributed by atoms with E-state index in [2.05, 4.69) is 26.5 Å². The van der Waals surface area contributed by atoms with Gasteiger partial charge in [0.05, 0.1) is 19.6 Å². The average molecular weight is 323 g/mol. The molecule has 1 aromatic heterocycles. The summed E-state index contributed by atoms with van der Waals surface area (Å²) in [4.78, 5) is 11.6. The van der Waals surface area contributed by atoms with Crippen molar-refractivity contribution in [2.45, 2.75) is 0 Å². The number of furan rings is 1. The third-order valence-corrected chi connectivity index (χ3v) is 2.80. The fraction of sp³-hybridized carbons (Fsp3) is 0.0769. The zero-order valence-corrected chi connectivity index (χ0v) is 11.7. The maximum Gasteiger partial charge on any atom is 0.307 e. The number of rotatable bonds is 4. The molecule has 1 amide bonds. The summed E-state index contributed by atoms with van der Waals surface area (Å²) in [5.74, 6) is 0.466. The van der Waals surface area contributed by atoms with Crippen LogP contribution in [0.1, 0.15) is 16.1 Å². The van der Waals surface area contributed by atoms with Crippen LogP contribution < -0.4 is 10.2 Å². The summed E-state index contributed by atoms with van der Waals surface area (Å²) in [6.45, 7) is 0. The highest BCUT2D eigenvalue weighted by atomic mass is 79.9. The van der Waals surface area contributed by atoms with E-state index in [1.165, 1.54) is 12.5 Å². The van der Waals surface area contributed by atoms with Gasteiger partial charge in [-0.25, -0.2) is 5.43 Å². The van der Waals surface area contributed by atoms with Crippen LogP contribution in [0.4, 0.5) is 0 Å². The Balaban J connectivity index is 2.07. The largest absolute Gasteiger partial charge is 0.496 e. The van der Waals surface area contributed by atoms with E-state index < -0.39 is 5.91 Å². The predicted molar refractivity (Wildman–Crippen MR) is 74.5 cm³/mol. The third-order valence-electron chi connectivity index (χ3n) is 2.31. The van der Waals surface area contributed by atoms with Gasteiger partial charge in [0, 0.05) is 10.0 Å². The normalized spacial score (nSPS) is 10.6. The molecule has 0 fully saturated rings. The summed E-state index contributed by atoms with van der Waals surface area (Å²) in [5, 5.41) is 3.86. The number of nitrogens with one attached hydrogen (secondary N) is 1. The monoisotopic (exact) mass is 322 g/mol. The second-order valence-corrected chi connectivity index (χ2v) is 4.48. The van der Waals surface area contributed by atoms with Gasteiger partial charge in [-0.3, -0.25) is 4.79 Å². The lowest BCUT2D eigenvalue weighted by Crippen LogP contribution is -2.16. The van der Waals surface area contributed by atoms with Crippen LogP contribution in [0.2, 0.25) is 0 Å². The number of amides is 1. The quantitative estimate of drug-likeness (QED) is 0.695. The topological polar surface area (TPSA) is 63.8 Å². The van der Waals surface area contributed by atoms with Gasteiger partial charge in [0.15, 0.2) is 5.76 Å². The zero-order valence-electron chi connectivity index (χ0n) is 10.1. The van der Waals surface area contributed by atoms with Crippen molar-refractivity contribution in [3.8, 4) is 5.75 Å². The van der Waals surface area contributed by atoms with Crippen molar-refractivity contribution >= 4 is 28.1 Å². The molecule has 0 unspecified atom stereocenters. The van der Waals surface area contributed by atoms with E-state index in [0.717, 1.165) is 10.0 Å². The molecule has 0 aliphatic carbocycles. The molecule has 0 radical (unpaired) electrons. The van der Waals surface area contributed by atoms with Crippen molar-refractivity contribution in [1.29, 1.82) is 0 Å². The smallest absolute Gasteiger partial charge is 0.307 e. The van der Waals surface area contributed by atoms with E-state index >= 15 is 0 Å². The highest BCUT2D eigenvalue weighted by molar-refractivity contribution is 9.10. The van der Waals surface area contributed by atoms with Gasteiger partial charge in [0.25, 0.3) is 0 Å². The number of ether oxygens (including phenoxy) is 1. The first-order chi connectivity index (χ1) is 9.20. The standard InChI is InChI=1S/C13H11BrN2O3/c1-18-11-5-4-10(14)7-9(11)8-15-16-13(17)12-3-2-6-19-12/h2-8H,1H3,(H,16,17). The number of hydrazone groups is 1. The number of benzene rings is 1. The highest BCUT2D eigenvalue weighted by Gasteiger charge is 2.06. The van der Waals surface area contributed by atoms with Crippen molar-refractivity contribution in [2.75, 3.05) is 7.11 Å². The highest BCUT2D eigenvalue weighted by Crippen LogP contribution is 2.21. The van der Waals surface area contributed by atoms with E-state index in [4.69, 9.17) is 9.15 Å². The van der Waals surface area contributed by atoms with E-state index in [-0.39, 0.29) is 5.76 Å². The molecule has 2 rings (SSSR count). The van der Waals surface area contributed by atoms with Crippen molar-refractivity contribution in [3.63, 3.8) is 0 Å². The Hall–Kier alpha value is -2.08. The van der Waals surface area contributed by atoms with Gasteiger partial charge in [-0.2, -0.15) is 5.10 Å². The summed E-state index contributed by atoms with van der Waals surface area (Å²) >= 11 is 3.36. The number of halogens is 1. The lowest BCUT2D eigenvalue weighted by atomic mass is 10.2. The second kappa shape index (κ2) is 6.19. The summed E-state index contributed by atoms with van der Waals surface area (Å²) in [6.07, 6.45) is 2.93. The first-order valence-electron chi connectivity index (χ1n) is 5.41. The lowest BCUT2D eigenvalue weighted by Gasteiger charge is -2.04. The number of carbonyl (C=O) groups excluding carboxylic acids is 1. The molecule has 98 valence electrons. The summed E-state index contributed by atoms with van der Waals surface area (Å²) in [5.41, 5.74) is 3.12. The Kier molecular flexibility index (Phi) is 4.35. The molecule has 1 aromatic carbocycles. The van der Waals surface area contributed by atoms with Crippen LogP contribution in [-0.4, -0.2) is 19.2 Å². The predicted octanol–water partition coefficient (Wildman–Crippen LogP) is 2.81. The minimum absolute atomic E-state index is 0.207. The van der Waals surface area contributed by atoms with Crippen molar-refractivity contribution in [3.05, 3.63) is 52.4 Å². The zero-order chi connectivity index (χ0) is 13.7. The molecule has 5 nitrogen and oxygen atoms in total. The molecular formula is C13H11BrN2O3. The minimum atomic E-state index is -0.407. The summed E-state index contributed by atoms with van der Waals surface area (Å²) in [6, 6.07) is 8.69. The van der Waals surface area contributed by atoms with Crippen LogP contribution in [0.5, 0.6) is 5.75 Å². The molecule has 0 saturated heterocycles. The van der Waals surface area contributed by atoms with E-state index in [0.29, 0.717) is 5.75 Å². The number of hydrogen-bond acceptors (Lipinski definition) is 4. The molecule has 6 heteroatoms. The first-order valence-corrected chi connectivity index (χ1v) is 6.20. The number of methoxy groups -OCH3 is 1. The van der Waals surface area contributed by atoms with Crippen molar-refractivity contribution in [1.82, 2.24) is 5.43 Å². The van der Waals surface area contributed by atoms with Crippen LogP contribution in [-0.2, 0) is 0 Å². The van der Waals surface area contributed by atoms with E-state index in [9.17, 15) is 4.79 Å². The van der Waals surface area contributed by atoms with E-state index in [1.54, 1.807) is 25.3 Å². The Morgan fingerprint density at radius 2 is 2.32 bits per heavy atom. The van der Waals surface area contributed by atoms with Gasteiger partial charge < -0.3 is 9.15 Å². The SMILES string of the molecule is COc1ccc(Br)cc1C=NNC(=O)c1ccco1. The van der Waals surface area contributed by atoms with Crippen LogP contribution in [0, 0.1) is 0 Å². The van der Waals surface area contributed by atoms with Crippen LogP contribution in [0.25, 0.3) is 0 Å². The molecule has 0 bridgehead atoms. The first kappa shape index (κ1) is 13.4. The van der Waals surface area contributed by atoms with E-state index in [1.807, 2.05) is 12.1 Å². The molecule has 0 aliphatic heterocycles. The third kappa shape index (κ3) is 3.45. The van der Waals surface area contributed by atoms with Gasteiger partial charge in [-0.1, -0.05) is 15.9 Å². The van der Waals surface area contributed by atoms with Gasteiger partial charge in [-0.05, 0) is 30.3 Å². The van der Waals surface area contributed by atoms with Gasteiger partial charge >= 0.3 is 5.91 Å². The Labute approximate surface area is 118 Å². The fourth-order valence-electron chi connectivity index (χ4n) is 1.43. The molecule has 1 heterocycles. The second-order valence-electron chi connectivity index (χ2n) is 3.56. The maximum atomic E-state index is 11.6. The van der Waals surface area contributed by atoms with Gasteiger partial charge in [0.1, 0.15) is 5.75 Å². The molecule has 0 saturated carbocycles. The number of nitrogens with zero attached hydrogens (tertiary/aromatic N) is 1. The summed E-state index contributed by atoms with van der Waals surface area (Å²) in [7, 11) is 1.57. The Morgan fingerprint density at radius 1 is 1.47 bits per heavy atom.